The van der Waals surface area contributed by atoms with E-state index in [0.717, 1.165) is 18.2 Å². The van der Waals surface area contributed by atoms with E-state index in [-0.39, 0.29) is 51.5 Å². The van der Waals surface area contributed by atoms with Gasteiger partial charge in [-0.1, -0.05) is 6.07 Å². The van der Waals surface area contributed by atoms with E-state index in [0.29, 0.717) is 11.3 Å². The average Bonchev–Trinajstić information content (AvgIpc) is 2.90. The maximum Gasteiger partial charge on any atom is 0.312 e. The Morgan fingerprint density at radius 3 is 2.24 bits per heavy atom. The average molecular weight is 522 g/mol. The molecule has 0 aliphatic carbocycles. The van der Waals surface area contributed by atoms with Gasteiger partial charge in [-0.25, -0.2) is 0 Å². The summed E-state index contributed by atoms with van der Waals surface area (Å²) in [4.78, 5) is 25.9. The third-order valence-electron chi connectivity index (χ3n) is 6.41. The number of hydrogen-bond donors (Lipinski definition) is 4. The number of aromatic hydroxyl groups is 4. The summed E-state index contributed by atoms with van der Waals surface area (Å²) in [6.07, 6.45) is -0.182. The van der Waals surface area contributed by atoms with E-state index in [1.807, 2.05) is 0 Å². The summed E-state index contributed by atoms with van der Waals surface area (Å²) in [6, 6.07) is 7.99. The minimum Gasteiger partial charge on any atom is -0.507 e. The highest BCUT2D eigenvalue weighted by molar-refractivity contribution is 5.94. The second-order valence-corrected chi connectivity index (χ2v) is 8.48. The van der Waals surface area contributed by atoms with Gasteiger partial charge in [-0.3, -0.25) is 9.59 Å². The normalized spacial score (nSPS) is 14.6. The molecule has 196 valence electrons. The van der Waals surface area contributed by atoms with Gasteiger partial charge in [0.25, 0.3) is 0 Å². The van der Waals surface area contributed by atoms with E-state index >= 15 is 0 Å². The number of phenols is 3. The van der Waals surface area contributed by atoms with Gasteiger partial charge in [0.2, 0.25) is 16.9 Å². The molecule has 0 saturated carbocycles. The number of carbonyl (C=O) groups is 1. The van der Waals surface area contributed by atoms with Gasteiger partial charge in [0.1, 0.15) is 22.5 Å². The van der Waals surface area contributed by atoms with Crippen LogP contribution in [0, 0.1) is 0 Å². The van der Waals surface area contributed by atoms with Gasteiger partial charge in [0.05, 0.1) is 27.8 Å². The topological polar surface area (TPSA) is 165 Å². The molecule has 5 rings (SSSR count). The molecule has 1 atom stereocenters. The molecule has 1 aliphatic rings. The number of esters is 1. The molecule has 1 aromatic heterocycles. The van der Waals surface area contributed by atoms with Crippen LogP contribution in [0.2, 0.25) is 0 Å². The molecular weight excluding hydrogens is 500 g/mol. The van der Waals surface area contributed by atoms with E-state index < -0.39 is 40.3 Å². The first-order chi connectivity index (χ1) is 18.2. The van der Waals surface area contributed by atoms with Gasteiger partial charge in [-0.05, 0) is 24.3 Å². The van der Waals surface area contributed by atoms with Crippen LogP contribution in [0.5, 0.6) is 46.0 Å². The van der Waals surface area contributed by atoms with Crippen molar-refractivity contribution in [2.24, 2.45) is 0 Å². The molecular formula is C27H22O11. The summed E-state index contributed by atoms with van der Waals surface area (Å²) < 4.78 is 27.9. The zero-order valence-corrected chi connectivity index (χ0v) is 20.4. The molecule has 0 bridgehead atoms. The highest BCUT2D eigenvalue weighted by atomic mass is 16.5. The van der Waals surface area contributed by atoms with Crippen molar-refractivity contribution >= 4 is 16.9 Å². The second kappa shape index (κ2) is 9.11. The molecule has 1 aliphatic heterocycles. The predicted molar refractivity (Wildman–Crippen MR) is 133 cm³/mol. The highest BCUT2D eigenvalue weighted by Gasteiger charge is 2.37. The lowest BCUT2D eigenvalue weighted by Gasteiger charge is -2.28. The fraction of sp³-hybridized carbons (Fsp3) is 0.185. The molecule has 3 aromatic carbocycles. The van der Waals surface area contributed by atoms with Gasteiger partial charge < -0.3 is 43.8 Å². The standard InChI is InChI=1S/C27H22O11/c1-34-17-7-5-12(25(35-2)26(17)36-3)13-9-19(31)37-18-10-16(30)21-22(32)23(33)24(38-27(21)20(13)18)11-4-6-14(28)15(29)8-11/h4-8,10,13,28-30,33H,9H2,1-3H3. The van der Waals surface area contributed by atoms with Crippen LogP contribution in [0.4, 0.5) is 0 Å². The van der Waals surface area contributed by atoms with Gasteiger partial charge >= 0.3 is 5.97 Å². The Morgan fingerprint density at radius 1 is 0.842 bits per heavy atom. The lowest BCUT2D eigenvalue weighted by molar-refractivity contribution is -0.135. The van der Waals surface area contributed by atoms with E-state index in [4.69, 9.17) is 23.4 Å². The molecule has 38 heavy (non-hydrogen) atoms. The summed E-state index contributed by atoms with van der Waals surface area (Å²) in [5, 5.41) is 40.6. The Balaban J connectivity index is 1.86. The van der Waals surface area contributed by atoms with Crippen molar-refractivity contribution in [3.63, 3.8) is 0 Å². The van der Waals surface area contributed by atoms with Crippen molar-refractivity contribution in [2.45, 2.75) is 12.3 Å². The van der Waals surface area contributed by atoms with Gasteiger partial charge in [0, 0.05) is 28.7 Å². The number of hydrogen-bond acceptors (Lipinski definition) is 11. The van der Waals surface area contributed by atoms with Crippen molar-refractivity contribution in [3.8, 4) is 57.3 Å². The maximum atomic E-state index is 13.2. The Morgan fingerprint density at radius 2 is 1.58 bits per heavy atom. The number of fused-ring (bicyclic) bond motifs is 3. The van der Waals surface area contributed by atoms with Gasteiger partial charge in [-0.15, -0.1) is 0 Å². The van der Waals surface area contributed by atoms with Crippen LogP contribution in [0.3, 0.4) is 0 Å². The van der Waals surface area contributed by atoms with Crippen molar-refractivity contribution in [3.05, 3.63) is 57.7 Å². The highest BCUT2D eigenvalue weighted by Crippen LogP contribution is 2.51. The molecule has 11 heteroatoms. The van der Waals surface area contributed by atoms with Crippen molar-refractivity contribution < 1.29 is 48.6 Å². The number of ether oxygens (including phenoxy) is 4. The number of methoxy groups -OCH3 is 3. The third-order valence-corrected chi connectivity index (χ3v) is 6.41. The Labute approximate surface area is 214 Å². The van der Waals surface area contributed by atoms with Crippen LogP contribution >= 0.6 is 0 Å². The van der Waals surface area contributed by atoms with Crippen LogP contribution in [0.15, 0.2) is 45.6 Å². The molecule has 4 N–H and O–H groups in total. The largest absolute Gasteiger partial charge is 0.507 e. The number of phenolic OH excluding ortho intramolecular Hbond substituents is 3. The van der Waals surface area contributed by atoms with Crippen molar-refractivity contribution in [1.82, 2.24) is 0 Å². The molecule has 0 amide bonds. The minimum absolute atomic E-state index is 0.0542. The summed E-state index contributed by atoms with van der Waals surface area (Å²) >= 11 is 0. The van der Waals surface area contributed by atoms with Gasteiger partial charge in [-0.2, -0.15) is 0 Å². The minimum atomic E-state index is -0.955. The van der Waals surface area contributed by atoms with E-state index in [9.17, 15) is 30.0 Å². The monoisotopic (exact) mass is 522 g/mol. The third kappa shape index (κ3) is 3.67. The predicted octanol–water partition coefficient (Wildman–Crippen LogP) is 3.75. The molecule has 0 fully saturated rings. The lowest BCUT2D eigenvalue weighted by Crippen LogP contribution is -2.22. The molecule has 0 spiro atoms. The number of rotatable bonds is 5. The SMILES string of the molecule is COc1ccc(C2CC(=O)Oc3cc(O)c4c(=O)c(O)c(-c5ccc(O)c(O)c5)oc4c32)c(OC)c1OC. The molecule has 2 heterocycles. The maximum absolute atomic E-state index is 13.2. The molecule has 11 nitrogen and oxygen atoms in total. The van der Waals surface area contributed by atoms with E-state index in [1.54, 1.807) is 12.1 Å². The smallest absolute Gasteiger partial charge is 0.312 e. The zero-order chi connectivity index (χ0) is 27.3. The summed E-state index contributed by atoms with van der Waals surface area (Å²) in [5.74, 6) is -3.19. The van der Waals surface area contributed by atoms with Crippen molar-refractivity contribution in [2.75, 3.05) is 21.3 Å². The van der Waals surface area contributed by atoms with Crippen LogP contribution in [-0.4, -0.2) is 47.7 Å². The first kappa shape index (κ1) is 24.6. The van der Waals surface area contributed by atoms with Crippen molar-refractivity contribution in [1.29, 1.82) is 0 Å². The van der Waals surface area contributed by atoms with Crippen LogP contribution in [0.25, 0.3) is 22.3 Å². The summed E-state index contributed by atoms with van der Waals surface area (Å²) in [7, 11) is 4.32. The lowest BCUT2D eigenvalue weighted by atomic mass is 9.84. The van der Waals surface area contributed by atoms with Crippen LogP contribution in [-0.2, 0) is 4.79 Å². The Hall–Kier alpha value is -5.06. The number of benzene rings is 3. The second-order valence-electron chi connectivity index (χ2n) is 8.48. The molecule has 4 aromatic rings. The number of carbonyl (C=O) groups excluding carboxylic acids is 1. The molecule has 0 radical (unpaired) electrons. The van der Waals surface area contributed by atoms with Crippen LogP contribution < -0.4 is 24.4 Å². The van der Waals surface area contributed by atoms with E-state index in [2.05, 4.69) is 0 Å². The zero-order valence-electron chi connectivity index (χ0n) is 20.4. The molecule has 1 unspecified atom stereocenters. The van der Waals surface area contributed by atoms with Gasteiger partial charge in [0.15, 0.2) is 28.8 Å². The summed E-state index contributed by atoms with van der Waals surface area (Å²) in [5.41, 5.74) is -0.315. The Bertz CT molecular complexity index is 1670. The fourth-order valence-electron chi connectivity index (χ4n) is 4.71. The van der Waals surface area contributed by atoms with Crippen LogP contribution in [0.1, 0.15) is 23.5 Å². The summed E-state index contributed by atoms with van der Waals surface area (Å²) in [6.45, 7) is 0. The molecule has 0 saturated heterocycles. The Kier molecular flexibility index (Phi) is 5.90. The van der Waals surface area contributed by atoms with E-state index in [1.165, 1.54) is 27.4 Å². The fourth-order valence-corrected chi connectivity index (χ4v) is 4.71. The first-order valence-electron chi connectivity index (χ1n) is 11.3. The quantitative estimate of drug-likeness (QED) is 0.171. The first-order valence-corrected chi connectivity index (χ1v) is 11.3.